The molecule has 0 aliphatic carbocycles. The van der Waals surface area contributed by atoms with Crippen LogP contribution in [0.2, 0.25) is 0 Å². The average molecular weight is 255 g/mol. The largest absolute Gasteiger partial charge is 0.453 e. The summed E-state index contributed by atoms with van der Waals surface area (Å²) in [4.78, 5) is 16.4. The summed E-state index contributed by atoms with van der Waals surface area (Å²) in [5, 5.41) is 0.574. The van der Waals surface area contributed by atoms with Crippen molar-refractivity contribution < 1.29 is 13.6 Å². The molecular weight excluding hydrogens is 245 g/mol. The van der Waals surface area contributed by atoms with Crippen LogP contribution in [0.25, 0.3) is 11.0 Å². The smallest absolute Gasteiger partial charge is 0.230 e. The van der Waals surface area contributed by atoms with E-state index in [9.17, 15) is 9.18 Å². The highest BCUT2D eigenvalue weighted by molar-refractivity contribution is 6.09. The SMILES string of the molecule is Cc1ncccc1C(=O)c1cc2cc(F)ccc2o1. The number of benzene rings is 1. The molecule has 0 fully saturated rings. The highest BCUT2D eigenvalue weighted by atomic mass is 19.1. The van der Waals surface area contributed by atoms with Crippen molar-refractivity contribution in [2.45, 2.75) is 6.92 Å². The van der Waals surface area contributed by atoms with Crippen molar-refractivity contribution in [3.8, 4) is 0 Å². The highest BCUT2D eigenvalue weighted by Gasteiger charge is 2.16. The predicted molar refractivity (Wildman–Crippen MR) is 68.6 cm³/mol. The molecule has 3 rings (SSSR count). The third kappa shape index (κ3) is 2.01. The lowest BCUT2D eigenvalue weighted by Crippen LogP contribution is -2.03. The number of ketones is 1. The summed E-state index contributed by atoms with van der Waals surface area (Å²) < 4.78 is 18.5. The molecule has 0 N–H and O–H groups in total. The van der Waals surface area contributed by atoms with Gasteiger partial charge in [0.1, 0.15) is 11.4 Å². The van der Waals surface area contributed by atoms with E-state index < -0.39 is 0 Å². The van der Waals surface area contributed by atoms with Crippen molar-refractivity contribution >= 4 is 16.8 Å². The predicted octanol–water partition coefficient (Wildman–Crippen LogP) is 3.51. The Kier molecular flexibility index (Phi) is 2.63. The lowest BCUT2D eigenvalue weighted by atomic mass is 10.1. The van der Waals surface area contributed by atoms with Crippen LogP contribution in [0, 0.1) is 12.7 Å². The van der Waals surface area contributed by atoms with E-state index in [1.54, 1.807) is 31.3 Å². The third-order valence-corrected chi connectivity index (χ3v) is 2.95. The second-order valence-electron chi connectivity index (χ2n) is 4.26. The lowest BCUT2D eigenvalue weighted by Gasteiger charge is -2.00. The van der Waals surface area contributed by atoms with E-state index in [0.29, 0.717) is 22.2 Å². The minimum absolute atomic E-state index is 0.191. The number of carbonyl (C=O) groups is 1. The van der Waals surface area contributed by atoms with Crippen molar-refractivity contribution in [1.82, 2.24) is 4.98 Å². The Hall–Kier alpha value is -2.49. The number of hydrogen-bond acceptors (Lipinski definition) is 3. The van der Waals surface area contributed by atoms with Gasteiger partial charge in [-0.1, -0.05) is 0 Å². The summed E-state index contributed by atoms with van der Waals surface area (Å²) in [6.07, 6.45) is 1.63. The van der Waals surface area contributed by atoms with E-state index in [1.807, 2.05) is 0 Å². The van der Waals surface area contributed by atoms with Crippen molar-refractivity contribution in [3.63, 3.8) is 0 Å². The summed E-state index contributed by atoms with van der Waals surface area (Å²) in [5.41, 5.74) is 1.62. The number of hydrogen-bond donors (Lipinski definition) is 0. The Morgan fingerprint density at radius 2 is 2.11 bits per heavy atom. The minimum atomic E-state index is -0.357. The van der Waals surface area contributed by atoms with E-state index in [-0.39, 0.29) is 17.4 Å². The normalized spacial score (nSPS) is 10.8. The fourth-order valence-corrected chi connectivity index (χ4v) is 1.98. The number of nitrogens with zero attached hydrogens (tertiary/aromatic N) is 1. The molecule has 1 aromatic carbocycles. The van der Waals surface area contributed by atoms with E-state index in [4.69, 9.17) is 4.42 Å². The third-order valence-electron chi connectivity index (χ3n) is 2.95. The second-order valence-corrected chi connectivity index (χ2v) is 4.26. The number of pyridine rings is 1. The van der Waals surface area contributed by atoms with Crippen LogP contribution < -0.4 is 0 Å². The lowest BCUT2D eigenvalue weighted by molar-refractivity contribution is 0.101. The fourth-order valence-electron chi connectivity index (χ4n) is 1.98. The molecule has 4 heteroatoms. The summed E-state index contributed by atoms with van der Waals surface area (Å²) in [6, 6.07) is 9.09. The van der Waals surface area contributed by atoms with Gasteiger partial charge in [-0.25, -0.2) is 4.39 Å². The van der Waals surface area contributed by atoms with Crippen LogP contribution in [0.1, 0.15) is 21.8 Å². The monoisotopic (exact) mass is 255 g/mol. The molecule has 0 saturated carbocycles. The molecule has 0 amide bonds. The van der Waals surface area contributed by atoms with Gasteiger partial charge in [0.25, 0.3) is 0 Å². The van der Waals surface area contributed by atoms with E-state index >= 15 is 0 Å². The summed E-state index contributed by atoms with van der Waals surface area (Å²) >= 11 is 0. The van der Waals surface area contributed by atoms with E-state index in [1.165, 1.54) is 18.2 Å². The number of halogens is 1. The average Bonchev–Trinajstić information content (AvgIpc) is 2.81. The molecule has 19 heavy (non-hydrogen) atoms. The summed E-state index contributed by atoms with van der Waals surface area (Å²) in [7, 11) is 0. The maximum Gasteiger partial charge on any atom is 0.230 e. The standard InChI is InChI=1S/C15H10FNO2/c1-9-12(3-2-6-17-9)15(18)14-8-10-7-11(16)4-5-13(10)19-14/h2-8H,1H3. The fraction of sp³-hybridized carbons (Fsp3) is 0.0667. The molecule has 0 bridgehead atoms. The maximum atomic E-state index is 13.1. The van der Waals surface area contributed by atoms with Crippen molar-refractivity contribution in [2.75, 3.05) is 0 Å². The number of rotatable bonds is 2. The summed E-state index contributed by atoms with van der Waals surface area (Å²) in [6.45, 7) is 1.76. The van der Waals surface area contributed by atoms with E-state index in [0.717, 1.165) is 0 Å². The Morgan fingerprint density at radius 1 is 1.26 bits per heavy atom. The zero-order valence-electron chi connectivity index (χ0n) is 10.2. The van der Waals surface area contributed by atoms with Gasteiger partial charge in [-0.3, -0.25) is 9.78 Å². The van der Waals surface area contributed by atoms with Gasteiger partial charge in [-0.15, -0.1) is 0 Å². The van der Waals surface area contributed by atoms with Crippen LogP contribution in [0.3, 0.4) is 0 Å². The molecule has 94 valence electrons. The molecule has 0 saturated heterocycles. The van der Waals surface area contributed by atoms with Crippen molar-refractivity contribution in [2.24, 2.45) is 0 Å². The second kappa shape index (κ2) is 4.31. The topological polar surface area (TPSA) is 43.1 Å². The molecule has 3 aromatic rings. The molecule has 0 atom stereocenters. The Balaban J connectivity index is 2.09. The number of aryl methyl sites for hydroxylation is 1. The molecule has 3 nitrogen and oxygen atoms in total. The van der Waals surface area contributed by atoms with Gasteiger partial charge in [0, 0.05) is 22.8 Å². The van der Waals surface area contributed by atoms with Gasteiger partial charge < -0.3 is 4.42 Å². The molecule has 0 aliphatic heterocycles. The van der Waals surface area contributed by atoms with Crippen LogP contribution in [-0.4, -0.2) is 10.8 Å². The van der Waals surface area contributed by atoms with Gasteiger partial charge in [0.2, 0.25) is 5.78 Å². The van der Waals surface area contributed by atoms with Gasteiger partial charge in [0.15, 0.2) is 5.76 Å². The Morgan fingerprint density at radius 3 is 2.89 bits per heavy atom. The highest BCUT2D eigenvalue weighted by Crippen LogP contribution is 2.22. The molecule has 2 aromatic heterocycles. The summed E-state index contributed by atoms with van der Waals surface area (Å²) in [5.74, 6) is -0.413. The molecule has 0 aliphatic rings. The first kappa shape index (κ1) is 11.6. The molecule has 0 spiro atoms. The van der Waals surface area contributed by atoms with Gasteiger partial charge in [-0.2, -0.15) is 0 Å². The van der Waals surface area contributed by atoms with Gasteiger partial charge >= 0.3 is 0 Å². The molecule has 2 heterocycles. The molecule has 0 radical (unpaired) electrons. The number of furan rings is 1. The zero-order chi connectivity index (χ0) is 13.4. The van der Waals surface area contributed by atoms with Crippen LogP contribution in [-0.2, 0) is 0 Å². The Bertz CT molecular complexity index is 777. The first-order valence-electron chi connectivity index (χ1n) is 5.80. The van der Waals surface area contributed by atoms with Crippen LogP contribution in [0.5, 0.6) is 0 Å². The minimum Gasteiger partial charge on any atom is -0.453 e. The zero-order valence-corrected chi connectivity index (χ0v) is 10.2. The quantitative estimate of drug-likeness (QED) is 0.658. The van der Waals surface area contributed by atoms with Crippen molar-refractivity contribution in [1.29, 1.82) is 0 Å². The number of carbonyl (C=O) groups excluding carboxylic acids is 1. The molecule has 0 unspecified atom stereocenters. The number of fused-ring (bicyclic) bond motifs is 1. The van der Waals surface area contributed by atoms with Crippen LogP contribution in [0.4, 0.5) is 4.39 Å². The Labute approximate surface area is 108 Å². The first-order chi connectivity index (χ1) is 9.15. The van der Waals surface area contributed by atoms with Gasteiger partial charge in [-0.05, 0) is 43.3 Å². The van der Waals surface area contributed by atoms with E-state index in [2.05, 4.69) is 4.98 Å². The van der Waals surface area contributed by atoms with Gasteiger partial charge in [0.05, 0.1) is 0 Å². The van der Waals surface area contributed by atoms with Crippen molar-refractivity contribution in [3.05, 3.63) is 65.4 Å². The number of aromatic nitrogens is 1. The first-order valence-corrected chi connectivity index (χ1v) is 5.80. The van der Waals surface area contributed by atoms with Crippen LogP contribution in [0.15, 0.2) is 47.0 Å². The maximum absolute atomic E-state index is 13.1. The molecular formula is C15H10FNO2. The van der Waals surface area contributed by atoms with Crippen LogP contribution >= 0.6 is 0 Å².